The Balaban J connectivity index is 0.00000784. The number of nitrogens with zero attached hydrogens (tertiary/aromatic N) is 1. The number of guanidine groups is 1. The van der Waals surface area contributed by atoms with Gasteiger partial charge in [0.1, 0.15) is 5.60 Å². The third-order valence-corrected chi connectivity index (χ3v) is 3.69. The third-order valence-electron chi connectivity index (χ3n) is 3.36. The summed E-state index contributed by atoms with van der Waals surface area (Å²) in [6.07, 6.45) is 0.285. The highest BCUT2D eigenvalue weighted by molar-refractivity contribution is 14.0. The van der Waals surface area contributed by atoms with Gasteiger partial charge in [0.25, 0.3) is 5.91 Å². The quantitative estimate of drug-likeness (QED) is 0.176. The first kappa shape index (κ1) is 27.2. The molecule has 1 aromatic carbocycles. The zero-order valence-electron chi connectivity index (χ0n) is 17.3. The largest absolute Gasteiger partial charge is 0.444 e. The van der Waals surface area contributed by atoms with Crippen LogP contribution in [0.1, 0.15) is 37.6 Å². The molecule has 1 aromatic rings. The molecule has 0 unspecified atom stereocenters. The van der Waals surface area contributed by atoms with Gasteiger partial charge < -0.3 is 26.0 Å². The fourth-order valence-electron chi connectivity index (χ4n) is 2.12. The molecule has 0 radical (unpaired) electrons. The molecule has 2 amide bonds. The van der Waals surface area contributed by atoms with Crippen LogP contribution in [0.25, 0.3) is 0 Å². The molecule has 0 aliphatic rings. The Labute approximate surface area is 194 Å². The van der Waals surface area contributed by atoms with Crippen LogP contribution in [-0.4, -0.2) is 56.8 Å². The maximum atomic E-state index is 12.1. The molecule has 164 valence electrons. The summed E-state index contributed by atoms with van der Waals surface area (Å²) in [5, 5.41) is 12.1. The van der Waals surface area contributed by atoms with E-state index in [1.54, 1.807) is 31.3 Å². The van der Waals surface area contributed by atoms with Gasteiger partial charge in [0.05, 0.1) is 10.6 Å². The third kappa shape index (κ3) is 12.4. The minimum absolute atomic E-state index is 0. The highest BCUT2D eigenvalue weighted by Gasteiger charge is 2.15. The molecule has 0 aliphatic heterocycles. The van der Waals surface area contributed by atoms with Gasteiger partial charge in [-0.3, -0.25) is 9.79 Å². The molecular weight excluding hydrogens is 509 g/mol. The van der Waals surface area contributed by atoms with Crippen molar-refractivity contribution in [3.8, 4) is 0 Å². The number of nitrogens with one attached hydrogen (secondary N) is 4. The van der Waals surface area contributed by atoms with E-state index >= 15 is 0 Å². The Bertz CT molecular complexity index is 680. The molecule has 0 aliphatic carbocycles. The standard InChI is InChI=1S/C19H30ClN5O3.HI/c1-19(2,3)28-18(27)25-11-7-10-23-17(21-4)24-13-12-22-16(26)14-8-5-6-9-15(14)20;/h5-6,8-9H,7,10-13H2,1-4H3,(H,22,26)(H,25,27)(H2,21,23,24);1H. The van der Waals surface area contributed by atoms with Crippen LogP contribution in [0.4, 0.5) is 4.79 Å². The number of halogens is 2. The number of aliphatic imine (C=N–C) groups is 1. The van der Waals surface area contributed by atoms with Crippen molar-refractivity contribution in [3.05, 3.63) is 34.9 Å². The molecule has 0 saturated heterocycles. The second-order valence-corrected chi connectivity index (χ2v) is 7.35. The van der Waals surface area contributed by atoms with E-state index in [2.05, 4.69) is 26.3 Å². The molecule has 0 heterocycles. The molecule has 0 spiro atoms. The van der Waals surface area contributed by atoms with Gasteiger partial charge in [-0.1, -0.05) is 23.7 Å². The van der Waals surface area contributed by atoms with E-state index in [1.807, 2.05) is 20.8 Å². The topological polar surface area (TPSA) is 104 Å². The average molecular weight is 540 g/mol. The SMILES string of the molecule is CN=C(NCCCNC(=O)OC(C)(C)C)NCCNC(=O)c1ccccc1Cl.I. The second-order valence-electron chi connectivity index (χ2n) is 6.94. The number of rotatable bonds is 8. The lowest BCUT2D eigenvalue weighted by Crippen LogP contribution is -2.42. The molecule has 0 saturated carbocycles. The Morgan fingerprint density at radius 1 is 1.00 bits per heavy atom. The van der Waals surface area contributed by atoms with Crippen molar-refractivity contribution in [3.63, 3.8) is 0 Å². The first-order valence-corrected chi connectivity index (χ1v) is 9.55. The predicted molar refractivity (Wildman–Crippen MR) is 127 cm³/mol. The van der Waals surface area contributed by atoms with Crippen LogP contribution in [0.15, 0.2) is 29.3 Å². The van der Waals surface area contributed by atoms with Gasteiger partial charge in [0.2, 0.25) is 0 Å². The lowest BCUT2D eigenvalue weighted by atomic mass is 10.2. The summed E-state index contributed by atoms with van der Waals surface area (Å²) in [4.78, 5) is 27.7. The molecule has 0 fully saturated rings. The van der Waals surface area contributed by atoms with Crippen molar-refractivity contribution >= 4 is 53.5 Å². The molecule has 0 atom stereocenters. The number of alkyl carbamates (subject to hydrolysis) is 1. The van der Waals surface area contributed by atoms with Gasteiger partial charge in [-0.25, -0.2) is 4.79 Å². The van der Waals surface area contributed by atoms with Crippen LogP contribution in [-0.2, 0) is 4.74 Å². The number of hydrogen-bond donors (Lipinski definition) is 4. The molecular formula is C19H31ClIN5O3. The zero-order valence-corrected chi connectivity index (χ0v) is 20.4. The number of carbonyl (C=O) groups excluding carboxylic acids is 2. The number of amides is 2. The van der Waals surface area contributed by atoms with Crippen molar-refractivity contribution in [1.82, 2.24) is 21.3 Å². The molecule has 29 heavy (non-hydrogen) atoms. The second kappa shape index (κ2) is 14.3. The first-order chi connectivity index (χ1) is 13.2. The summed E-state index contributed by atoms with van der Waals surface area (Å²) in [6.45, 7) is 7.51. The Morgan fingerprint density at radius 2 is 1.59 bits per heavy atom. The van der Waals surface area contributed by atoms with Gasteiger partial charge in [0.15, 0.2) is 5.96 Å². The molecule has 1 rings (SSSR count). The van der Waals surface area contributed by atoms with E-state index in [0.717, 1.165) is 0 Å². The highest BCUT2D eigenvalue weighted by atomic mass is 127. The van der Waals surface area contributed by atoms with E-state index in [0.29, 0.717) is 49.1 Å². The van der Waals surface area contributed by atoms with Gasteiger partial charge in [-0.2, -0.15) is 0 Å². The molecule has 0 bridgehead atoms. The summed E-state index contributed by atoms with van der Waals surface area (Å²) >= 11 is 6.00. The summed E-state index contributed by atoms with van der Waals surface area (Å²) in [6, 6.07) is 6.90. The monoisotopic (exact) mass is 539 g/mol. The molecule has 10 heteroatoms. The summed E-state index contributed by atoms with van der Waals surface area (Å²) in [5.41, 5.74) is -0.0561. The fraction of sp³-hybridized carbons (Fsp3) is 0.526. The highest BCUT2D eigenvalue weighted by Crippen LogP contribution is 2.14. The Morgan fingerprint density at radius 3 is 2.21 bits per heavy atom. The zero-order chi connectivity index (χ0) is 21.0. The fourth-order valence-corrected chi connectivity index (χ4v) is 2.34. The minimum atomic E-state index is -0.504. The van der Waals surface area contributed by atoms with Gasteiger partial charge in [-0.05, 0) is 39.3 Å². The van der Waals surface area contributed by atoms with Gasteiger partial charge >= 0.3 is 6.09 Å². The Kier molecular flexibility index (Phi) is 13.4. The van der Waals surface area contributed by atoms with Crippen LogP contribution in [0.3, 0.4) is 0 Å². The van der Waals surface area contributed by atoms with Gasteiger partial charge in [-0.15, -0.1) is 24.0 Å². The van der Waals surface area contributed by atoms with Crippen molar-refractivity contribution < 1.29 is 14.3 Å². The first-order valence-electron chi connectivity index (χ1n) is 9.17. The van der Waals surface area contributed by atoms with Crippen LogP contribution >= 0.6 is 35.6 Å². The lowest BCUT2D eigenvalue weighted by molar-refractivity contribution is 0.0527. The minimum Gasteiger partial charge on any atom is -0.444 e. The number of hydrogen-bond acceptors (Lipinski definition) is 4. The van der Waals surface area contributed by atoms with Crippen molar-refractivity contribution in [2.75, 3.05) is 33.2 Å². The number of carbonyl (C=O) groups is 2. The normalized spacial score (nSPS) is 11.1. The number of benzene rings is 1. The van der Waals surface area contributed by atoms with E-state index in [-0.39, 0.29) is 29.9 Å². The van der Waals surface area contributed by atoms with Crippen LogP contribution < -0.4 is 21.3 Å². The Hall–Kier alpha value is -1.75. The van der Waals surface area contributed by atoms with Crippen molar-refractivity contribution in [2.24, 2.45) is 4.99 Å². The number of ether oxygens (including phenoxy) is 1. The average Bonchev–Trinajstić information content (AvgIpc) is 2.61. The smallest absolute Gasteiger partial charge is 0.407 e. The van der Waals surface area contributed by atoms with E-state index in [9.17, 15) is 9.59 Å². The summed E-state index contributed by atoms with van der Waals surface area (Å²) in [7, 11) is 1.66. The van der Waals surface area contributed by atoms with Gasteiger partial charge in [0, 0.05) is 33.2 Å². The van der Waals surface area contributed by atoms with Crippen molar-refractivity contribution in [1.29, 1.82) is 0 Å². The maximum absolute atomic E-state index is 12.1. The van der Waals surface area contributed by atoms with Crippen LogP contribution in [0, 0.1) is 0 Å². The molecule has 0 aromatic heterocycles. The van der Waals surface area contributed by atoms with Crippen LogP contribution in [0.2, 0.25) is 5.02 Å². The predicted octanol–water partition coefficient (Wildman–Crippen LogP) is 2.77. The molecule has 8 nitrogen and oxygen atoms in total. The maximum Gasteiger partial charge on any atom is 0.407 e. The molecule has 4 N–H and O–H groups in total. The lowest BCUT2D eigenvalue weighted by Gasteiger charge is -2.19. The summed E-state index contributed by atoms with van der Waals surface area (Å²) < 4.78 is 5.16. The summed E-state index contributed by atoms with van der Waals surface area (Å²) in [5.74, 6) is 0.396. The van der Waals surface area contributed by atoms with E-state index < -0.39 is 11.7 Å². The van der Waals surface area contributed by atoms with Crippen LogP contribution in [0.5, 0.6) is 0 Å². The van der Waals surface area contributed by atoms with E-state index in [1.165, 1.54) is 0 Å². The van der Waals surface area contributed by atoms with E-state index in [4.69, 9.17) is 16.3 Å². The van der Waals surface area contributed by atoms with Crippen molar-refractivity contribution in [2.45, 2.75) is 32.8 Å².